The van der Waals surface area contributed by atoms with Crippen LogP contribution < -0.4 is 5.73 Å². The van der Waals surface area contributed by atoms with Crippen LogP contribution in [0.2, 0.25) is 5.28 Å². The Morgan fingerprint density at radius 1 is 1.22 bits per heavy atom. The molecule has 0 amide bonds. The summed E-state index contributed by atoms with van der Waals surface area (Å²) in [6, 6.07) is 4.98. The molecule has 4 atom stereocenters. The lowest BCUT2D eigenvalue weighted by Gasteiger charge is -2.27. The van der Waals surface area contributed by atoms with E-state index in [9.17, 15) is 29.7 Å². The molecule has 0 radical (unpaired) electrons. The number of aliphatic hydroxyl groups excluding tert-OH is 1. The molecular formula is C21H19ClFN5O9. The highest BCUT2D eigenvalue weighted by Gasteiger charge is 2.52. The summed E-state index contributed by atoms with van der Waals surface area (Å²) in [7, 11) is 0. The molecule has 0 aliphatic carbocycles. The van der Waals surface area contributed by atoms with Crippen LogP contribution in [0.25, 0.3) is 11.2 Å². The van der Waals surface area contributed by atoms with Crippen molar-refractivity contribution in [3.8, 4) is 0 Å². The number of aliphatic carboxylic acids is 2. The largest absolute Gasteiger partial charge is 0.479 e. The fraction of sp³-hybridized carbons (Fsp3) is 0.333. The van der Waals surface area contributed by atoms with Gasteiger partial charge in [-0.05, 0) is 29.3 Å². The molecule has 0 spiro atoms. The van der Waals surface area contributed by atoms with E-state index in [1.165, 1.54) is 18.2 Å². The third-order valence-electron chi connectivity index (χ3n) is 5.80. The fourth-order valence-corrected chi connectivity index (χ4v) is 4.08. The second-order valence-electron chi connectivity index (χ2n) is 8.13. The van der Waals surface area contributed by atoms with Crippen molar-refractivity contribution in [1.29, 1.82) is 0 Å². The van der Waals surface area contributed by atoms with E-state index in [2.05, 4.69) is 15.0 Å². The average Bonchev–Trinajstić information content (AvgIpc) is 3.37. The number of hydrogen-bond acceptors (Lipinski definition) is 10. The Bertz CT molecular complexity index is 1370. The van der Waals surface area contributed by atoms with Gasteiger partial charge in [-0.25, -0.2) is 23.8 Å². The number of hydrogen-bond donors (Lipinski definition) is 5. The van der Waals surface area contributed by atoms with E-state index < -0.39 is 61.1 Å². The van der Waals surface area contributed by atoms with Crippen molar-refractivity contribution < 1.29 is 48.7 Å². The van der Waals surface area contributed by atoms with E-state index in [0.717, 1.165) is 17.0 Å². The van der Waals surface area contributed by atoms with Gasteiger partial charge in [0.2, 0.25) is 5.28 Å². The molecule has 37 heavy (non-hydrogen) atoms. The van der Waals surface area contributed by atoms with Crippen molar-refractivity contribution in [1.82, 2.24) is 19.5 Å². The summed E-state index contributed by atoms with van der Waals surface area (Å²) < 4.78 is 27.0. The third kappa shape index (κ3) is 4.76. The normalized spacial score (nSPS) is 21.8. The number of aliphatic hydroxyl groups is 1. The van der Waals surface area contributed by atoms with E-state index >= 15 is 4.39 Å². The third-order valence-corrected chi connectivity index (χ3v) is 5.97. The first-order valence-corrected chi connectivity index (χ1v) is 10.9. The van der Waals surface area contributed by atoms with Crippen LogP contribution in [0.4, 0.5) is 10.2 Å². The highest BCUT2D eigenvalue weighted by Crippen LogP contribution is 2.35. The lowest BCUT2D eigenvalue weighted by atomic mass is 9.93. The predicted molar refractivity (Wildman–Crippen MR) is 121 cm³/mol. The molecule has 2 aromatic heterocycles. The first kappa shape index (κ1) is 26.2. The number of carbonyl (C=O) groups is 3. The molecule has 1 aliphatic heterocycles. The lowest BCUT2D eigenvalue weighted by Crippen LogP contribution is -2.52. The smallest absolute Gasteiger partial charge is 0.348 e. The first-order chi connectivity index (χ1) is 17.4. The molecule has 1 fully saturated rings. The standard InChI is InChI=1S/C21H19ClFN5O9/c22-20-26-14(24)12-15(27-20)28(7-25-12)16-11(23)13(29)10(37-16)6-36-21(18(32)33,19(34)35)5-8-2-1-3-9(4-8)17(30)31/h1-4,7,10-11,13,16,29H,5-6H2,(H,30,31)(H,32,33)(H,34,35)(H2,24,26,27)/t10-,11+,13-,16?/m1/s1. The van der Waals surface area contributed by atoms with Gasteiger partial charge in [-0.1, -0.05) is 12.1 Å². The summed E-state index contributed by atoms with van der Waals surface area (Å²) in [5, 5.41) is 38.8. The van der Waals surface area contributed by atoms with Crippen LogP contribution in [-0.4, -0.2) is 88.4 Å². The molecular weight excluding hydrogens is 521 g/mol. The minimum atomic E-state index is -2.90. The lowest BCUT2D eigenvalue weighted by molar-refractivity contribution is -0.190. The minimum Gasteiger partial charge on any atom is -0.479 e. The number of alkyl halides is 1. The van der Waals surface area contributed by atoms with Gasteiger partial charge in [0.15, 0.2) is 23.9 Å². The first-order valence-electron chi connectivity index (χ1n) is 10.5. The van der Waals surface area contributed by atoms with Gasteiger partial charge in [0.1, 0.15) is 17.7 Å². The van der Waals surface area contributed by atoms with Crippen LogP contribution in [0, 0.1) is 0 Å². The molecule has 16 heteroatoms. The van der Waals surface area contributed by atoms with Gasteiger partial charge in [-0.2, -0.15) is 9.97 Å². The Hall–Kier alpha value is -3.92. The quantitative estimate of drug-likeness (QED) is 0.185. The molecule has 3 heterocycles. The van der Waals surface area contributed by atoms with Gasteiger partial charge < -0.3 is 35.6 Å². The Balaban J connectivity index is 1.58. The number of fused-ring (bicyclic) bond motifs is 1. The molecule has 3 aromatic rings. The van der Waals surface area contributed by atoms with Gasteiger partial charge in [0, 0.05) is 6.42 Å². The molecule has 1 aliphatic rings. The highest BCUT2D eigenvalue weighted by molar-refractivity contribution is 6.28. The summed E-state index contributed by atoms with van der Waals surface area (Å²) in [6.07, 6.45) is -6.60. The van der Waals surface area contributed by atoms with Crippen LogP contribution in [0.15, 0.2) is 30.6 Å². The van der Waals surface area contributed by atoms with Crippen molar-refractivity contribution in [2.24, 2.45) is 0 Å². The maximum Gasteiger partial charge on any atom is 0.348 e. The van der Waals surface area contributed by atoms with Crippen molar-refractivity contribution in [2.75, 3.05) is 12.3 Å². The number of halogens is 2. The molecule has 0 bridgehead atoms. The Morgan fingerprint density at radius 3 is 2.57 bits per heavy atom. The summed E-state index contributed by atoms with van der Waals surface area (Å²) in [5.74, 6) is -5.18. The van der Waals surface area contributed by atoms with Crippen molar-refractivity contribution in [3.05, 3.63) is 47.0 Å². The number of rotatable bonds is 9. The van der Waals surface area contributed by atoms with E-state index in [4.69, 9.17) is 31.9 Å². The highest BCUT2D eigenvalue weighted by atomic mass is 35.5. The van der Waals surface area contributed by atoms with Gasteiger partial charge in [0.05, 0.1) is 18.5 Å². The number of carboxylic acids is 3. The summed E-state index contributed by atoms with van der Waals surface area (Å²) >= 11 is 5.81. The van der Waals surface area contributed by atoms with Crippen LogP contribution >= 0.6 is 11.6 Å². The van der Waals surface area contributed by atoms with Gasteiger partial charge in [-0.3, -0.25) is 4.57 Å². The number of nitrogens with two attached hydrogens (primary N) is 1. The van der Waals surface area contributed by atoms with E-state index in [-0.39, 0.29) is 33.4 Å². The molecule has 14 nitrogen and oxygen atoms in total. The van der Waals surface area contributed by atoms with Crippen molar-refractivity contribution in [2.45, 2.75) is 36.6 Å². The van der Waals surface area contributed by atoms with Crippen LogP contribution in [0.5, 0.6) is 0 Å². The average molecular weight is 540 g/mol. The van der Waals surface area contributed by atoms with Crippen molar-refractivity contribution in [3.63, 3.8) is 0 Å². The summed E-state index contributed by atoms with van der Waals surface area (Å²) in [5.41, 5.74) is 2.78. The maximum atomic E-state index is 15.1. The van der Waals surface area contributed by atoms with E-state index in [1.807, 2.05) is 0 Å². The topological polar surface area (TPSA) is 220 Å². The zero-order valence-electron chi connectivity index (χ0n) is 18.6. The molecule has 1 unspecified atom stereocenters. The van der Waals surface area contributed by atoms with Gasteiger partial charge in [0.25, 0.3) is 5.60 Å². The predicted octanol–water partition coefficient (Wildman–Crippen LogP) is 0.524. The fourth-order valence-electron chi connectivity index (χ4n) is 3.91. The van der Waals surface area contributed by atoms with Crippen molar-refractivity contribution >= 4 is 46.5 Å². The number of imidazole rings is 1. The molecule has 6 N–H and O–H groups in total. The zero-order valence-corrected chi connectivity index (χ0v) is 19.3. The Kier molecular flexibility index (Phi) is 6.96. The van der Waals surface area contributed by atoms with E-state index in [1.54, 1.807) is 0 Å². The Labute approximate surface area is 211 Å². The molecule has 1 saturated heterocycles. The maximum absolute atomic E-state index is 15.1. The number of carboxylic acid groups (broad SMARTS) is 3. The number of anilines is 1. The Morgan fingerprint density at radius 2 is 1.92 bits per heavy atom. The molecule has 1 aromatic carbocycles. The van der Waals surface area contributed by atoms with Gasteiger partial charge in [-0.15, -0.1) is 0 Å². The SMILES string of the molecule is Nc1nc(Cl)nc2c1ncn2C1O[C@H](COC(Cc2cccc(C(=O)O)c2)(C(=O)O)C(=O)O)[C@@H](O)[C@@H]1F. The molecule has 196 valence electrons. The second kappa shape index (κ2) is 9.85. The van der Waals surface area contributed by atoms with Crippen LogP contribution in [0.1, 0.15) is 22.1 Å². The van der Waals surface area contributed by atoms with Gasteiger partial charge >= 0.3 is 17.9 Å². The molecule has 0 saturated carbocycles. The second-order valence-corrected chi connectivity index (χ2v) is 8.47. The monoisotopic (exact) mass is 539 g/mol. The number of aromatic carboxylic acids is 1. The number of nitrogens with zero attached hydrogens (tertiary/aromatic N) is 4. The van der Waals surface area contributed by atoms with Crippen LogP contribution in [0.3, 0.4) is 0 Å². The summed E-state index contributed by atoms with van der Waals surface area (Å²) in [6.45, 7) is -0.847. The summed E-state index contributed by atoms with van der Waals surface area (Å²) in [4.78, 5) is 47.0. The minimum absolute atomic E-state index is 0.00245. The molecule has 4 rings (SSSR count). The number of ether oxygens (including phenoxy) is 2. The zero-order chi connectivity index (χ0) is 27.1. The number of aromatic nitrogens is 4. The number of nitrogen functional groups attached to an aromatic ring is 1. The number of benzene rings is 1. The van der Waals surface area contributed by atoms with E-state index in [0.29, 0.717) is 0 Å². The van der Waals surface area contributed by atoms with Crippen LogP contribution in [-0.2, 0) is 25.5 Å².